The van der Waals surface area contributed by atoms with Gasteiger partial charge < -0.3 is 10.6 Å². The van der Waals surface area contributed by atoms with Gasteiger partial charge in [-0.15, -0.1) is 0 Å². The number of amides is 4. The molecule has 1 aromatic rings. The van der Waals surface area contributed by atoms with Crippen molar-refractivity contribution >= 4 is 29.3 Å². The second-order valence-corrected chi connectivity index (χ2v) is 8.94. The molecule has 1 saturated carbocycles. The molecule has 2 fully saturated rings. The molecule has 0 aromatic heterocycles. The molecule has 1 aromatic carbocycles. The largest absolute Gasteiger partial charge is 0.325 e. The molecule has 1 heterocycles. The summed E-state index contributed by atoms with van der Waals surface area (Å²) in [7, 11) is 0. The van der Waals surface area contributed by atoms with Crippen molar-refractivity contribution < 1.29 is 19.2 Å². The van der Waals surface area contributed by atoms with Crippen LogP contribution in [0.3, 0.4) is 0 Å². The van der Waals surface area contributed by atoms with Crippen LogP contribution in [0.15, 0.2) is 24.3 Å². The number of urea groups is 1. The first-order chi connectivity index (χ1) is 13.0. The lowest BCUT2D eigenvalue weighted by molar-refractivity contribution is -0.136. The molecule has 150 valence electrons. The predicted molar refractivity (Wildman–Crippen MR) is 105 cm³/mol. The number of carbonyl (C=O) groups is 4. The molecule has 7 nitrogen and oxygen atoms in total. The number of nitrogens with zero attached hydrogens (tertiary/aromatic N) is 1. The van der Waals surface area contributed by atoms with E-state index in [1.54, 1.807) is 24.3 Å². The number of nitrogens with one attached hydrogen (secondary N) is 2. The van der Waals surface area contributed by atoms with Crippen molar-refractivity contribution in [3.05, 3.63) is 29.8 Å². The van der Waals surface area contributed by atoms with E-state index in [1.807, 2.05) is 0 Å². The zero-order chi connectivity index (χ0) is 20.7. The fourth-order valence-electron chi connectivity index (χ4n) is 4.78. The van der Waals surface area contributed by atoms with E-state index >= 15 is 0 Å². The number of imide groups is 1. The standard InChI is InChI=1S/C21H27N3O4/c1-13-9-20(3,4)12-21(10-13)18(27)24(19(28)23-21)11-17(26)22-16-7-5-15(6-8-16)14(2)25/h5-8,13H,9-12H2,1-4H3,(H,22,26)(H,23,28). The van der Waals surface area contributed by atoms with E-state index in [0.29, 0.717) is 30.0 Å². The summed E-state index contributed by atoms with van der Waals surface area (Å²) in [6, 6.07) is 5.95. The van der Waals surface area contributed by atoms with Crippen molar-refractivity contribution in [3.63, 3.8) is 0 Å². The molecule has 2 atom stereocenters. The lowest BCUT2D eigenvalue weighted by Crippen LogP contribution is -2.54. The Bertz CT molecular complexity index is 831. The van der Waals surface area contributed by atoms with Crippen LogP contribution in [-0.2, 0) is 9.59 Å². The first kappa shape index (κ1) is 20.0. The van der Waals surface area contributed by atoms with E-state index in [0.717, 1.165) is 11.3 Å². The maximum atomic E-state index is 13.1. The molecule has 2 aliphatic rings. The summed E-state index contributed by atoms with van der Waals surface area (Å²) in [6.45, 7) is 7.42. The van der Waals surface area contributed by atoms with E-state index in [-0.39, 0.29) is 23.7 Å². The van der Waals surface area contributed by atoms with Gasteiger partial charge in [-0.05, 0) is 61.8 Å². The van der Waals surface area contributed by atoms with Crippen LogP contribution in [0.25, 0.3) is 0 Å². The van der Waals surface area contributed by atoms with Gasteiger partial charge in [-0.2, -0.15) is 0 Å². The molecule has 1 aliphatic heterocycles. The molecule has 3 rings (SSSR count). The maximum Gasteiger partial charge on any atom is 0.325 e. The number of benzene rings is 1. The Morgan fingerprint density at radius 1 is 1.18 bits per heavy atom. The van der Waals surface area contributed by atoms with Gasteiger partial charge in [0.15, 0.2) is 5.78 Å². The summed E-state index contributed by atoms with van der Waals surface area (Å²) in [5.74, 6) is -0.535. The number of hydrogen-bond acceptors (Lipinski definition) is 4. The maximum absolute atomic E-state index is 13.1. The Labute approximate surface area is 164 Å². The zero-order valence-electron chi connectivity index (χ0n) is 16.8. The monoisotopic (exact) mass is 385 g/mol. The summed E-state index contributed by atoms with van der Waals surface area (Å²) in [6.07, 6.45) is 2.15. The van der Waals surface area contributed by atoms with Crippen molar-refractivity contribution in [2.24, 2.45) is 11.3 Å². The van der Waals surface area contributed by atoms with Gasteiger partial charge in [-0.1, -0.05) is 20.8 Å². The van der Waals surface area contributed by atoms with Gasteiger partial charge in [0.1, 0.15) is 12.1 Å². The first-order valence-corrected chi connectivity index (χ1v) is 9.56. The van der Waals surface area contributed by atoms with Crippen LogP contribution in [-0.4, -0.2) is 40.6 Å². The van der Waals surface area contributed by atoms with Crippen LogP contribution in [0.5, 0.6) is 0 Å². The molecule has 2 N–H and O–H groups in total. The highest BCUT2D eigenvalue weighted by Gasteiger charge is 2.56. The molecular weight excluding hydrogens is 358 g/mol. The fourth-order valence-corrected chi connectivity index (χ4v) is 4.78. The molecule has 1 spiro atoms. The predicted octanol–water partition coefficient (Wildman–Crippen LogP) is 2.96. The van der Waals surface area contributed by atoms with E-state index in [2.05, 4.69) is 31.4 Å². The smallest absolute Gasteiger partial charge is 0.325 e. The van der Waals surface area contributed by atoms with E-state index in [4.69, 9.17) is 0 Å². The van der Waals surface area contributed by atoms with E-state index in [1.165, 1.54) is 6.92 Å². The third kappa shape index (κ3) is 3.93. The lowest BCUT2D eigenvalue weighted by Gasteiger charge is -2.43. The Morgan fingerprint density at radius 3 is 2.39 bits per heavy atom. The quantitative estimate of drug-likeness (QED) is 0.615. The summed E-state index contributed by atoms with van der Waals surface area (Å²) >= 11 is 0. The number of carbonyl (C=O) groups excluding carboxylic acids is 4. The summed E-state index contributed by atoms with van der Waals surface area (Å²) < 4.78 is 0. The second kappa shape index (κ2) is 7.04. The van der Waals surface area contributed by atoms with Crippen molar-refractivity contribution in [2.45, 2.75) is 52.5 Å². The van der Waals surface area contributed by atoms with Gasteiger partial charge in [-0.3, -0.25) is 19.3 Å². The third-order valence-electron chi connectivity index (χ3n) is 5.50. The average molecular weight is 385 g/mol. The van der Waals surface area contributed by atoms with Crippen molar-refractivity contribution in [3.8, 4) is 0 Å². The van der Waals surface area contributed by atoms with Crippen LogP contribution in [0, 0.1) is 11.3 Å². The summed E-state index contributed by atoms with van der Waals surface area (Å²) in [5, 5.41) is 5.53. The van der Waals surface area contributed by atoms with E-state index in [9.17, 15) is 19.2 Å². The number of rotatable bonds is 4. The lowest BCUT2D eigenvalue weighted by atomic mass is 9.64. The summed E-state index contributed by atoms with van der Waals surface area (Å²) in [4.78, 5) is 50.2. The fraction of sp³-hybridized carbons (Fsp3) is 0.524. The van der Waals surface area contributed by atoms with Gasteiger partial charge in [0, 0.05) is 11.3 Å². The van der Waals surface area contributed by atoms with Gasteiger partial charge in [0.25, 0.3) is 5.91 Å². The Kier molecular flexibility index (Phi) is 5.04. The minimum absolute atomic E-state index is 0.0582. The second-order valence-electron chi connectivity index (χ2n) is 8.94. The highest BCUT2D eigenvalue weighted by molar-refractivity contribution is 6.10. The van der Waals surface area contributed by atoms with Crippen LogP contribution >= 0.6 is 0 Å². The molecule has 0 radical (unpaired) electrons. The first-order valence-electron chi connectivity index (χ1n) is 9.56. The zero-order valence-corrected chi connectivity index (χ0v) is 16.8. The number of ketones is 1. The molecule has 0 bridgehead atoms. The van der Waals surface area contributed by atoms with Gasteiger partial charge >= 0.3 is 6.03 Å². The van der Waals surface area contributed by atoms with Crippen LogP contribution in [0.4, 0.5) is 10.5 Å². The van der Waals surface area contributed by atoms with Gasteiger partial charge in [0.2, 0.25) is 5.91 Å². The molecule has 4 amide bonds. The Hall–Kier alpha value is -2.70. The van der Waals surface area contributed by atoms with Crippen LogP contribution < -0.4 is 10.6 Å². The van der Waals surface area contributed by atoms with Gasteiger partial charge in [0.05, 0.1) is 0 Å². The van der Waals surface area contributed by atoms with Crippen LogP contribution in [0.2, 0.25) is 0 Å². The third-order valence-corrected chi connectivity index (χ3v) is 5.50. The molecule has 7 heteroatoms. The molecule has 1 aliphatic carbocycles. The van der Waals surface area contributed by atoms with Gasteiger partial charge in [-0.25, -0.2) is 4.79 Å². The topological polar surface area (TPSA) is 95.6 Å². The van der Waals surface area contributed by atoms with Crippen molar-refractivity contribution in [2.75, 3.05) is 11.9 Å². The highest BCUT2D eigenvalue weighted by atomic mass is 16.2. The SMILES string of the molecule is CC(=O)c1ccc(NC(=O)CN2C(=O)NC3(CC(C)CC(C)(C)C3)C2=O)cc1. The Morgan fingerprint density at radius 2 is 1.82 bits per heavy atom. The molecule has 28 heavy (non-hydrogen) atoms. The Balaban J connectivity index is 1.68. The summed E-state index contributed by atoms with van der Waals surface area (Å²) in [5.41, 5.74) is 0.0752. The minimum atomic E-state index is -0.915. The van der Waals surface area contributed by atoms with E-state index < -0.39 is 17.5 Å². The average Bonchev–Trinajstić information content (AvgIpc) is 2.77. The van der Waals surface area contributed by atoms with Crippen molar-refractivity contribution in [1.82, 2.24) is 10.2 Å². The number of anilines is 1. The highest BCUT2D eigenvalue weighted by Crippen LogP contribution is 2.46. The minimum Gasteiger partial charge on any atom is -0.325 e. The molecular formula is C21H27N3O4. The molecule has 2 unspecified atom stereocenters. The normalized spacial score (nSPS) is 26.3. The number of hydrogen-bond donors (Lipinski definition) is 2. The van der Waals surface area contributed by atoms with Crippen LogP contribution in [0.1, 0.15) is 57.3 Å². The molecule has 1 saturated heterocycles. The van der Waals surface area contributed by atoms with Crippen molar-refractivity contribution in [1.29, 1.82) is 0 Å². The number of Topliss-reactive ketones (excluding diaryl/α,β-unsaturated/α-hetero) is 1.